The quantitative estimate of drug-likeness (QED) is 0.129. The molecule has 0 aliphatic carbocycles. The fraction of sp³-hybridized carbons (Fsp3) is 0. The van der Waals surface area contributed by atoms with E-state index in [9.17, 15) is 10.5 Å². The van der Waals surface area contributed by atoms with Gasteiger partial charge in [0.05, 0.1) is 11.4 Å². The van der Waals surface area contributed by atoms with Gasteiger partial charge in [0.2, 0.25) is 0 Å². The summed E-state index contributed by atoms with van der Waals surface area (Å²) in [6.07, 6.45) is 11.3. The predicted octanol–water partition coefficient (Wildman–Crippen LogP) is 14.8. The maximum Gasteiger partial charge on any atom is 0.137 e. The summed E-state index contributed by atoms with van der Waals surface area (Å²) in [6, 6.07) is 70.9. The van der Waals surface area contributed by atoms with Gasteiger partial charge in [-0.2, -0.15) is 10.5 Å². The molecule has 1 aliphatic rings. The summed E-state index contributed by atoms with van der Waals surface area (Å²) in [7, 11) is 0. The summed E-state index contributed by atoms with van der Waals surface area (Å²) in [6.45, 7) is 0. The first-order chi connectivity index (χ1) is 30.2. The van der Waals surface area contributed by atoms with Crippen LogP contribution in [-0.4, -0.2) is 0 Å². The number of benzene rings is 8. The minimum absolute atomic E-state index is 0.00790. The zero-order chi connectivity index (χ0) is 41.4. The molecule has 61 heavy (non-hydrogen) atoms. The van der Waals surface area contributed by atoms with Gasteiger partial charge in [-0.15, -0.1) is 0 Å². The number of allylic oxidation sites excluding steroid dienone is 6. The third-order valence-electron chi connectivity index (χ3n) is 10.6. The van der Waals surface area contributed by atoms with Gasteiger partial charge in [-0.25, -0.2) is 0 Å². The lowest BCUT2D eigenvalue weighted by molar-refractivity contribution is 0.332. The zero-order valence-electron chi connectivity index (χ0n) is 33.1. The van der Waals surface area contributed by atoms with Crippen molar-refractivity contribution >= 4 is 67.8 Å². The number of rotatable bonds is 10. The average molecular weight is 783 g/mol. The minimum Gasteiger partial charge on any atom is -0.457 e. The van der Waals surface area contributed by atoms with E-state index in [2.05, 4.69) is 180 Å². The van der Waals surface area contributed by atoms with E-state index in [1.54, 1.807) is 12.2 Å². The molecule has 0 aromatic heterocycles. The first-order valence-corrected chi connectivity index (χ1v) is 20.0. The number of hydrogen-bond acceptors (Lipinski definition) is 5. The number of nitriles is 2. The average Bonchev–Trinajstić information content (AvgIpc) is 3.33. The number of hydrogen-bond donors (Lipinski definition) is 0. The standard InChI is InChI=1S/C56H38N4O/c57-39-44(40-58)43-37-49(33-29-41-31-35-55(53-27-15-13-25-51(41)53)59(45-17-5-1-6-18-45)46-19-7-2-8-20-46)61-50(38-43)34-30-42-32-36-56(54-28-16-14-26-52(42)54)60(47-21-9-3-10-22-47)48-23-11-4-12-24-48/h1-38H/b33-29+,34-30+. The van der Waals surface area contributed by atoms with E-state index in [1.165, 1.54) is 0 Å². The van der Waals surface area contributed by atoms with Crippen LogP contribution < -0.4 is 9.80 Å². The van der Waals surface area contributed by atoms with Crippen LogP contribution in [0.3, 0.4) is 0 Å². The van der Waals surface area contributed by atoms with Gasteiger partial charge < -0.3 is 14.5 Å². The topological polar surface area (TPSA) is 63.3 Å². The van der Waals surface area contributed by atoms with Crippen LogP contribution in [0, 0.1) is 22.7 Å². The van der Waals surface area contributed by atoms with Gasteiger partial charge in [0, 0.05) is 39.1 Å². The third kappa shape index (κ3) is 7.96. The van der Waals surface area contributed by atoms with E-state index < -0.39 is 0 Å². The summed E-state index contributed by atoms with van der Waals surface area (Å²) in [5, 5.41) is 24.1. The Morgan fingerprint density at radius 2 is 0.705 bits per heavy atom. The molecule has 0 unspecified atom stereocenters. The van der Waals surface area contributed by atoms with Crippen molar-refractivity contribution in [1.29, 1.82) is 10.5 Å². The largest absolute Gasteiger partial charge is 0.457 e. The van der Waals surface area contributed by atoms with Gasteiger partial charge in [-0.3, -0.25) is 0 Å². The summed E-state index contributed by atoms with van der Waals surface area (Å²) in [5.41, 5.74) is 8.84. The lowest BCUT2D eigenvalue weighted by atomic mass is 10.00. The van der Waals surface area contributed by atoms with E-state index in [0.29, 0.717) is 17.1 Å². The fourth-order valence-corrected chi connectivity index (χ4v) is 7.81. The Labute approximate surface area is 355 Å². The summed E-state index contributed by atoms with van der Waals surface area (Å²) in [5.74, 6) is 1.01. The molecule has 9 rings (SSSR count). The van der Waals surface area contributed by atoms with Gasteiger partial charge in [0.15, 0.2) is 0 Å². The zero-order valence-corrected chi connectivity index (χ0v) is 33.1. The fourth-order valence-electron chi connectivity index (χ4n) is 7.81. The molecular formula is C56H38N4O. The highest BCUT2D eigenvalue weighted by atomic mass is 16.5. The Hall–Kier alpha value is -8.64. The molecule has 8 aromatic carbocycles. The van der Waals surface area contributed by atoms with E-state index in [1.807, 2.05) is 60.7 Å². The van der Waals surface area contributed by atoms with E-state index >= 15 is 0 Å². The van der Waals surface area contributed by atoms with Crippen LogP contribution in [0.2, 0.25) is 0 Å². The second-order valence-corrected chi connectivity index (χ2v) is 14.4. The highest BCUT2D eigenvalue weighted by Crippen LogP contribution is 2.42. The Morgan fingerprint density at radius 1 is 0.377 bits per heavy atom. The molecular weight excluding hydrogens is 745 g/mol. The van der Waals surface area contributed by atoms with Crippen molar-refractivity contribution < 1.29 is 4.74 Å². The smallest absolute Gasteiger partial charge is 0.137 e. The molecule has 0 amide bonds. The maximum absolute atomic E-state index is 9.90. The van der Waals surface area contributed by atoms with Crippen LogP contribution in [-0.2, 0) is 4.74 Å². The molecule has 0 saturated carbocycles. The van der Waals surface area contributed by atoms with Crippen molar-refractivity contribution in [2.24, 2.45) is 0 Å². The van der Waals surface area contributed by atoms with Crippen molar-refractivity contribution in [3.05, 3.63) is 252 Å². The Kier molecular flexibility index (Phi) is 10.9. The highest BCUT2D eigenvalue weighted by Gasteiger charge is 2.18. The number of ether oxygens (including phenoxy) is 1. The van der Waals surface area contributed by atoms with Crippen molar-refractivity contribution in [2.75, 3.05) is 9.80 Å². The molecule has 0 fully saturated rings. The van der Waals surface area contributed by atoms with Gasteiger partial charge in [-0.05, 0) is 107 Å². The molecule has 0 spiro atoms. The molecule has 288 valence electrons. The van der Waals surface area contributed by atoms with Crippen LogP contribution in [0.25, 0.3) is 33.7 Å². The second-order valence-electron chi connectivity index (χ2n) is 14.4. The van der Waals surface area contributed by atoms with E-state index in [-0.39, 0.29) is 5.57 Å². The molecule has 8 aromatic rings. The van der Waals surface area contributed by atoms with Gasteiger partial charge in [-0.1, -0.05) is 146 Å². The Morgan fingerprint density at radius 3 is 1.05 bits per heavy atom. The molecule has 5 nitrogen and oxygen atoms in total. The van der Waals surface area contributed by atoms with Crippen LogP contribution in [0.4, 0.5) is 34.1 Å². The van der Waals surface area contributed by atoms with E-state index in [0.717, 1.165) is 66.8 Å². The summed E-state index contributed by atoms with van der Waals surface area (Å²) >= 11 is 0. The molecule has 5 heteroatoms. The summed E-state index contributed by atoms with van der Waals surface area (Å²) in [4.78, 5) is 4.54. The van der Waals surface area contributed by atoms with Crippen LogP contribution >= 0.6 is 0 Å². The van der Waals surface area contributed by atoms with Gasteiger partial charge >= 0.3 is 0 Å². The van der Waals surface area contributed by atoms with Crippen LogP contribution in [0.5, 0.6) is 0 Å². The molecule has 0 saturated heterocycles. The first kappa shape index (κ1) is 37.9. The lowest BCUT2D eigenvalue weighted by Gasteiger charge is -2.27. The third-order valence-corrected chi connectivity index (χ3v) is 10.6. The minimum atomic E-state index is 0.00790. The second kappa shape index (κ2) is 17.5. The Balaban J connectivity index is 1.05. The van der Waals surface area contributed by atoms with E-state index in [4.69, 9.17) is 4.74 Å². The van der Waals surface area contributed by atoms with Crippen molar-refractivity contribution in [3.63, 3.8) is 0 Å². The van der Waals surface area contributed by atoms with Crippen molar-refractivity contribution in [1.82, 2.24) is 0 Å². The maximum atomic E-state index is 9.90. The van der Waals surface area contributed by atoms with Gasteiger partial charge in [0.1, 0.15) is 29.2 Å². The SMILES string of the molecule is N#CC(C#N)=C1C=C(/C=C/c2ccc(N(c3ccccc3)c3ccccc3)c3ccccc23)OC(/C=C/c2ccc(N(c3ccccc3)c3ccccc3)c3ccccc23)=C1. The first-order valence-electron chi connectivity index (χ1n) is 20.0. The normalized spacial score (nSPS) is 12.4. The number of para-hydroxylation sites is 4. The van der Waals surface area contributed by atoms with Crippen molar-refractivity contribution in [3.8, 4) is 12.1 Å². The van der Waals surface area contributed by atoms with Gasteiger partial charge in [0.25, 0.3) is 0 Å². The molecule has 0 atom stereocenters. The molecule has 1 aliphatic heterocycles. The Bertz CT molecular complexity index is 2830. The van der Waals surface area contributed by atoms with Crippen molar-refractivity contribution in [2.45, 2.75) is 0 Å². The molecule has 1 heterocycles. The monoisotopic (exact) mass is 782 g/mol. The predicted molar refractivity (Wildman–Crippen MR) is 251 cm³/mol. The number of anilines is 6. The van der Waals surface area contributed by atoms with Crippen LogP contribution in [0.1, 0.15) is 11.1 Å². The molecule has 0 N–H and O–H groups in total. The molecule has 0 bridgehead atoms. The highest BCUT2D eigenvalue weighted by molar-refractivity contribution is 6.04. The van der Waals surface area contributed by atoms with Crippen LogP contribution in [0.15, 0.2) is 241 Å². The number of fused-ring (bicyclic) bond motifs is 2. The number of nitrogens with zero attached hydrogens (tertiary/aromatic N) is 4. The lowest BCUT2D eigenvalue weighted by Crippen LogP contribution is -2.10. The summed E-state index contributed by atoms with van der Waals surface area (Å²) < 4.78 is 6.46. The molecule has 0 radical (unpaired) electrons.